The summed E-state index contributed by atoms with van der Waals surface area (Å²) >= 11 is 3.19. The van der Waals surface area contributed by atoms with E-state index in [4.69, 9.17) is 4.74 Å². The average Bonchev–Trinajstić information content (AvgIpc) is 3.30. The Labute approximate surface area is 177 Å². The Bertz CT molecular complexity index is 964. The lowest BCUT2D eigenvalue weighted by atomic mass is 10.1. The van der Waals surface area contributed by atoms with Gasteiger partial charge in [-0.2, -0.15) is 0 Å². The fourth-order valence-corrected chi connectivity index (χ4v) is 5.43. The molecule has 2 aliphatic rings. The van der Waals surface area contributed by atoms with Gasteiger partial charge in [-0.05, 0) is 29.9 Å². The van der Waals surface area contributed by atoms with E-state index in [0.29, 0.717) is 32.3 Å². The van der Waals surface area contributed by atoms with Crippen molar-refractivity contribution >= 4 is 29.0 Å². The Hall–Kier alpha value is -2.16. The van der Waals surface area contributed by atoms with Crippen LogP contribution < -0.4 is 0 Å². The van der Waals surface area contributed by atoms with Crippen molar-refractivity contribution in [3.8, 4) is 10.7 Å². The zero-order chi connectivity index (χ0) is 19.6. The quantitative estimate of drug-likeness (QED) is 0.557. The summed E-state index contributed by atoms with van der Waals surface area (Å²) in [7, 11) is 0. The molecule has 0 spiro atoms. The number of rotatable bonds is 6. The second kappa shape index (κ2) is 8.30. The number of aromatic nitrogens is 3. The van der Waals surface area contributed by atoms with Crippen LogP contribution in [0.3, 0.4) is 0 Å². The minimum absolute atomic E-state index is 0.118. The van der Waals surface area contributed by atoms with E-state index in [1.165, 1.54) is 11.8 Å². The Morgan fingerprint density at radius 3 is 2.59 bits per heavy atom. The van der Waals surface area contributed by atoms with E-state index in [0.717, 1.165) is 34.3 Å². The van der Waals surface area contributed by atoms with E-state index in [-0.39, 0.29) is 11.2 Å². The van der Waals surface area contributed by atoms with Gasteiger partial charge in [-0.1, -0.05) is 48.2 Å². The van der Waals surface area contributed by atoms with Crippen LogP contribution in [0.2, 0.25) is 0 Å². The molecule has 0 radical (unpaired) electrons. The van der Waals surface area contributed by atoms with Crippen molar-refractivity contribution in [2.24, 2.45) is 0 Å². The number of thioether (sulfide) groups is 1. The minimum atomic E-state index is -0.341. The second-order valence-corrected chi connectivity index (χ2v) is 9.25. The van der Waals surface area contributed by atoms with Gasteiger partial charge >= 0.3 is 0 Å². The van der Waals surface area contributed by atoms with Gasteiger partial charge in [0.2, 0.25) is 5.91 Å². The predicted octanol–water partition coefficient (Wildman–Crippen LogP) is 4.03. The molecule has 0 bridgehead atoms. The minimum Gasteiger partial charge on any atom is -0.378 e. The molecule has 150 valence electrons. The lowest BCUT2D eigenvalue weighted by Gasteiger charge is -2.30. The van der Waals surface area contributed by atoms with Crippen LogP contribution in [-0.2, 0) is 9.53 Å². The van der Waals surface area contributed by atoms with E-state index in [1.807, 2.05) is 41.3 Å². The Morgan fingerprint density at radius 2 is 1.90 bits per heavy atom. The molecule has 1 unspecified atom stereocenters. The van der Waals surface area contributed by atoms with E-state index in [1.54, 1.807) is 11.3 Å². The fraction of sp³-hybridized carbons (Fsp3) is 0.381. The van der Waals surface area contributed by atoms with Gasteiger partial charge < -0.3 is 9.64 Å². The zero-order valence-electron chi connectivity index (χ0n) is 15.9. The van der Waals surface area contributed by atoms with Crippen LogP contribution in [0.4, 0.5) is 0 Å². The van der Waals surface area contributed by atoms with Gasteiger partial charge in [0.1, 0.15) is 5.25 Å². The molecule has 1 aliphatic heterocycles. The third-order valence-corrected chi connectivity index (χ3v) is 7.26. The highest BCUT2D eigenvalue weighted by Crippen LogP contribution is 2.45. The van der Waals surface area contributed by atoms with Crippen LogP contribution in [-0.4, -0.2) is 51.9 Å². The van der Waals surface area contributed by atoms with E-state index >= 15 is 0 Å². The molecular weight excluding hydrogens is 404 g/mol. The first-order valence-electron chi connectivity index (χ1n) is 9.88. The summed E-state index contributed by atoms with van der Waals surface area (Å²) in [6, 6.07) is 14.5. The lowest BCUT2D eigenvalue weighted by Crippen LogP contribution is -2.42. The van der Waals surface area contributed by atoms with Crippen LogP contribution in [0.5, 0.6) is 0 Å². The molecule has 5 rings (SSSR count). The molecular formula is C21H22N4O2S2. The maximum absolute atomic E-state index is 13.4. The average molecular weight is 427 g/mol. The number of ether oxygens (including phenoxy) is 1. The van der Waals surface area contributed by atoms with Crippen molar-refractivity contribution in [1.29, 1.82) is 0 Å². The molecule has 2 fully saturated rings. The number of carbonyl (C=O) groups excluding carboxylic acids is 1. The molecule has 1 amide bonds. The number of nitrogens with zero attached hydrogens (tertiary/aromatic N) is 4. The molecule has 8 heteroatoms. The number of hydrogen-bond acceptors (Lipinski definition) is 6. The summed E-state index contributed by atoms with van der Waals surface area (Å²) < 4.78 is 7.67. The Morgan fingerprint density at radius 1 is 1.10 bits per heavy atom. The number of hydrogen-bond donors (Lipinski definition) is 0. The van der Waals surface area contributed by atoms with Gasteiger partial charge in [0.25, 0.3) is 0 Å². The van der Waals surface area contributed by atoms with E-state index in [9.17, 15) is 4.79 Å². The van der Waals surface area contributed by atoms with Crippen LogP contribution in [0.1, 0.15) is 29.7 Å². The summed E-state index contributed by atoms with van der Waals surface area (Å²) in [4.78, 5) is 16.5. The smallest absolute Gasteiger partial charge is 0.240 e. The van der Waals surface area contributed by atoms with Crippen molar-refractivity contribution in [3.63, 3.8) is 0 Å². The molecule has 1 aromatic carbocycles. The topological polar surface area (TPSA) is 60.2 Å². The fourth-order valence-electron chi connectivity index (χ4n) is 3.54. The van der Waals surface area contributed by atoms with E-state index in [2.05, 4.69) is 26.2 Å². The summed E-state index contributed by atoms with van der Waals surface area (Å²) in [5.41, 5.74) is 0.997. The molecule has 2 aromatic heterocycles. The van der Waals surface area contributed by atoms with Crippen LogP contribution in [0.25, 0.3) is 10.7 Å². The van der Waals surface area contributed by atoms with Crippen molar-refractivity contribution in [1.82, 2.24) is 19.7 Å². The first-order chi connectivity index (χ1) is 14.3. The highest BCUT2D eigenvalue weighted by Gasteiger charge is 2.34. The number of amides is 1. The van der Waals surface area contributed by atoms with Gasteiger partial charge in [0.15, 0.2) is 11.0 Å². The Balaban J connectivity index is 1.49. The maximum atomic E-state index is 13.4. The highest BCUT2D eigenvalue weighted by molar-refractivity contribution is 8.00. The number of benzene rings is 1. The van der Waals surface area contributed by atoms with Gasteiger partial charge in [-0.15, -0.1) is 21.5 Å². The van der Waals surface area contributed by atoms with Crippen molar-refractivity contribution in [2.45, 2.75) is 29.3 Å². The van der Waals surface area contributed by atoms with Crippen molar-refractivity contribution in [3.05, 3.63) is 53.4 Å². The Kier molecular flexibility index (Phi) is 5.39. The molecule has 1 aliphatic carbocycles. The third-order valence-electron chi connectivity index (χ3n) is 5.19. The van der Waals surface area contributed by atoms with Gasteiger partial charge in [0.05, 0.1) is 18.1 Å². The van der Waals surface area contributed by atoms with Crippen LogP contribution in [0.15, 0.2) is 53.0 Å². The van der Waals surface area contributed by atoms with Gasteiger partial charge in [0, 0.05) is 19.1 Å². The normalized spacial score (nSPS) is 18.0. The van der Waals surface area contributed by atoms with E-state index < -0.39 is 0 Å². The number of thiophene rings is 1. The van der Waals surface area contributed by atoms with Crippen LogP contribution in [0, 0.1) is 0 Å². The summed E-state index contributed by atoms with van der Waals surface area (Å²) in [5.74, 6) is 1.03. The molecule has 29 heavy (non-hydrogen) atoms. The molecule has 1 saturated carbocycles. The van der Waals surface area contributed by atoms with Crippen molar-refractivity contribution < 1.29 is 9.53 Å². The summed E-state index contributed by atoms with van der Waals surface area (Å²) in [6.07, 6.45) is 2.27. The molecule has 6 nitrogen and oxygen atoms in total. The third kappa shape index (κ3) is 3.97. The lowest BCUT2D eigenvalue weighted by molar-refractivity contribution is -0.134. The van der Waals surface area contributed by atoms with Crippen LogP contribution >= 0.6 is 23.1 Å². The summed E-state index contributed by atoms with van der Waals surface area (Å²) in [6.45, 7) is 2.47. The molecule has 1 atom stereocenters. The maximum Gasteiger partial charge on any atom is 0.240 e. The monoisotopic (exact) mass is 426 g/mol. The largest absolute Gasteiger partial charge is 0.378 e. The standard InChI is InChI=1S/C21H22N4O2S2/c26-20(24-10-12-27-13-11-24)18(15-5-2-1-3-6-15)29-21-23-22-19(17-7-4-14-28-17)25(21)16-8-9-16/h1-7,14,16,18H,8-13H2. The van der Waals surface area contributed by atoms with Gasteiger partial charge in [-0.3, -0.25) is 9.36 Å². The molecule has 3 heterocycles. The SMILES string of the molecule is O=C(C(Sc1nnc(-c2cccs2)n1C1CC1)c1ccccc1)N1CCOCC1. The molecule has 0 N–H and O–H groups in total. The zero-order valence-corrected chi connectivity index (χ0v) is 17.6. The first-order valence-corrected chi connectivity index (χ1v) is 11.6. The molecule has 1 saturated heterocycles. The predicted molar refractivity (Wildman–Crippen MR) is 114 cm³/mol. The van der Waals surface area contributed by atoms with Crippen molar-refractivity contribution in [2.75, 3.05) is 26.3 Å². The number of carbonyl (C=O) groups is 1. The highest BCUT2D eigenvalue weighted by atomic mass is 32.2. The second-order valence-electron chi connectivity index (χ2n) is 7.23. The number of morpholine rings is 1. The summed E-state index contributed by atoms with van der Waals surface area (Å²) in [5, 5.41) is 11.6. The van der Waals surface area contributed by atoms with Gasteiger partial charge in [-0.25, -0.2) is 0 Å². The first kappa shape index (κ1) is 18.8. The molecule has 3 aromatic rings.